The summed E-state index contributed by atoms with van der Waals surface area (Å²) in [5.74, 6) is -0.0356. The molecule has 0 saturated carbocycles. The van der Waals surface area contributed by atoms with Crippen LogP contribution >= 0.6 is 0 Å². The third-order valence-electron chi connectivity index (χ3n) is 8.42. The van der Waals surface area contributed by atoms with Crippen LogP contribution in [0.5, 0.6) is 5.75 Å². The second-order valence-corrected chi connectivity index (χ2v) is 13.1. The first-order valence-corrected chi connectivity index (χ1v) is 15.9. The molecule has 0 bridgehead atoms. The van der Waals surface area contributed by atoms with Crippen molar-refractivity contribution in [3.05, 3.63) is 107 Å². The van der Waals surface area contributed by atoms with Crippen LogP contribution in [0.2, 0.25) is 0 Å². The number of nitrogens with two attached hydrogens (primary N) is 1. The lowest BCUT2D eigenvalue weighted by Gasteiger charge is -2.36. The molecule has 0 aliphatic carbocycles. The third-order valence-corrected chi connectivity index (χ3v) is 8.42. The van der Waals surface area contributed by atoms with Crippen LogP contribution in [0.15, 0.2) is 73.0 Å². The lowest BCUT2D eigenvalue weighted by molar-refractivity contribution is -0.122. The first-order valence-electron chi connectivity index (χ1n) is 15.9. The predicted molar refractivity (Wildman–Crippen MR) is 178 cm³/mol. The lowest BCUT2D eigenvalue weighted by Crippen LogP contribution is -2.46. The molecule has 47 heavy (non-hydrogen) atoms. The normalized spacial score (nSPS) is 15.6. The first kappa shape index (κ1) is 33.5. The summed E-state index contributed by atoms with van der Waals surface area (Å²) in [6, 6.07) is 19.4. The number of halogens is 1. The third kappa shape index (κ3) is 8.29. The zero-order valence-corrected chi connectivity index (χ0v) is 27.3. The number of rotatable bonds is 12. The molecule has 3 aromatic rings. The Morgan fingerprint density at radius 1 is 1.06 bits per heavy atom. The fourth-order valence-electron chi connectivity index (χ4n) is 6.09. The van der Waals surface area contributed by atoms with Crippen LogP contribution in [0.4, 0.5) is 10.1 Å². The van der Waals surface area contributed by atoms with Crippen LogP contribution in [0, 0.1) is 17.1 Å². The summed E-state index contributed by atoms with van der Waals surface area (Å²) in [5.41, 5.74) is 9.61. The van der Waals surface area contributed by atoms with E-state index in [1.165, 1.54) is 16.5 Å². The fourth-order valence-corrected chi connectivity index (χ4v) is 6.09. The molecule has 9 nitrogen and oxygen atoms in total. The van der Waals surface area contributed by atoms with Crippen molar-refractivity contribution in [2.45, 2.75) is 65.0 Å². The van der Waals surface area contributed by atoms with Gasteiger partial charge in [-0.2, -0.15) is 5.26 Å². The standard InChI is InChI=1S/C37H42FN5O4/c1-25(47-37(2,3)4)8-14-33(35(40)44)43-23-30-29(36(43)45)6-5-7-34(30)46-24-27-11-9-26(10-12-27)22-41-16-18-42(19-17-41)32-15-13-28(21-39)20-31(32)38/h5-7,9-13,15,20,33H,1,8,14,16-19,22-24H2,2-4H3,(H2,40,44). The molecule has 3 aromatic carbocycles. The van der Waals surface area contributed by atoms with Crippen molar-refractivity contribution in [3.8, 4) is 11.8 Å². The minimum atomic E-state index is -0.796. The Labute approximate surface area is 276 Å². The molecule has 2 aliphatic heterocycles. The number of allylic oxidation sites excluding steroid dienone is 1. The Morgan fingerprint density at radius 3 is 2.40 bits per heavy atom. The van der Waals surface area contributed by atoms with Gasteiger partial charge >= 0.3 is 0 Å². The van der Waals surface area contributed by atoms with Gasteiger partial charge in [0, 0.05) is 50.3 Å². The number of amides is 2. The van der Waals surface area contributed by atoms with Gasteiger partial charge in [0.05, 0.1) is 29.6 Å². The lowest BCUT2D eigenvalue weighted by atomic mass is 10.1. The molecular formula is C37H42FN5O4. The summed E-state index contributed by atoms with van der Waals surface area (Å²) in [7, 11) is 0. The van der Waals surface area contributed by atoms with Crippen LogP contribution in [0.3, 0.4) is 0 Å². The molecule has 1 fully saturated rings. The Balaban J connectivity index is 1.14. The van der Waals surface area contributed by atoms with Gasteiger partial charge in [-0.3, -0.25) is 14.5 Å². The van der Waals surface area contributed by atoms with Crippen molar-refractivity contribution >= 4 is 17.5 Å². The molecule has 2 amide bonds. The first-order chi connectivity index (χ1) is 22.4. The molecule has 2 N–H and O–H groups in total. The minimum Gasteiger partial charge on any atom is -0.493 e. The van der Waals surface area contributed by atoms with Gasteiger partial charge in [0.1, 0.15) is 29.8 Å². The Hall–Kier alpha value is -4.88. The molecule has 0 spiro atoms. The quantitative estimate of drug-likeness (QED) is 0.260. The summed E-state index contributed by atoms with van der Waals surface area (Å²) >= 11 is 0. The van der Waals surface area contributed by atoms with Crippen LogP contribution in [0.25, 0.3) is 0 Å². The molecule has 1 unspecified atom stereocenters. The summed E-state index contributed by atoms with van der Waals surface area (Å²) in [5, 5.41) is 9.00. The summed E-state index contributed by atoms with van der Waals surface area (Å²) in [6.45, 7) is 14.1. The molecule has 2 heterocycles. The maximum absolute atomic E-state index is 14.5. The van der Waals surface area contributed by atoms with Gasteiger partial charge in [-0.15, -0.1) is 0 Å². The monoisotopic (exact) mass is 639 g/mol. The number of fused-ring (bicyclic) bond motifs is 1. The molecule has 246 valence electrons. The van der Waals surface area contributed by atoms with Crippen molar-refractivity contribution < 1.29 is 23.5 Å². The maximum atomic E-state index is 14.5. The van der Waals surface area contributed by atoms with E-state index >= 15 is 0 Å². The van der Waals surface area contributed by atoms with Gasteiger partial charge in [0.25, 0.3) is 5.91 Å². The maximum Gasteiger partial charge on any atom is 0.255 e. The van der Waals surface area contributed by atoms with E-state index in [0.29, 0.717) is 60.9 Å². The summed E-state index contributed by atoms with van der Waals surface area (Å²) in [4.78, 5) is 31.7. The Kier molecular flexibility index (Phi) is 10.2. The molecule has 1 atom stereocenters. The highest BCUT2D eigenvalue weighted by atomic mass is 19.1. The van der Waals surface area contributed by atoms with Gasteiger partial charge in [-0.1, -0.05) is 36.9 Å². The fraction of sp³-hybridized carbons (Fsp3) is 0.378. The average molecular weight is 640 g/mol. The van der Waals surface area contributed by atoms with Crippen LogP contribution in [-0.4, -0.2) is 59.4 Å². The summed E-state index contributed by atoms with van der Waals surface area (Å²) < 4.78 is 26.5. The van der Waals surface area contributed by atoms with Gasteiger partial charge < -0.3 is 25.0 Å². The van der Waals surface area contributed by atoms with Gasteiger partial charge in [-0.05, 0) is 68.7 Å². The van der Waals surface area contributed by atoms with Crippen molar-refractivity contribution in [1.29, 1.82) is 5.26 Å². The second kappa shape index (κ2) is 14.3. The van der Waals surface area contributed by atoms with Crippen molar-refractivity contribution in [2.75, 3.05) is 31.1 Å². The number of carbonyl (C=O) groups is 2. The Morgan fingerprint density at radius 2 is 1.77 bits per heavy atom. The van der Waals surface area contributed by atoms with E-state index in [-0.39, 0.29) is 18.3 Å². The van der Waals surface area contributed by atoms with E-state index in [1.807, 2.05) is 49.9 Å². The number of carbonyl (C=O) groups excluding carboxylic acids is 2. The van der Waals surface area contributed by atoms with Crippen molar-refractivity contribution in [1.82, 2.24) is 9.80 Å². The van der Waals surface area contributed by atoms with E-state index in [2.05, 4.69) is 23.6 Å². The Bertz CT molecular complexity index is 1670. The molecule has 5 rings (SSSR count). The number of benzene rings is 3. The zero-order valence-electron chi connectivity index (χ0n) is 27.3. The minimum absolute atomic E-state index is 0.231. The van der Waals surface area contributed by atoms with Crippen molar-refractivity contribution in [2.24, 2.45) is 5.73 Å². The van der Waals surface area contributed by atoms with Crippen LogP contribution in [0.1, 0.15) is 66.2 Å². The van der Waals surface area contributed by atoms with Gasteiger partial charge in [0.15, 0.2) is 0 Å². The predicted octanol–water partition coefficient (Wildman–Crippen LogP) is 5.52. The molecule has 2 aliphatic rings. The molecule has 10 heteroatoms. The number of hydrogen-bond donors (Lipinski definition) is 1. The number of primary amides is 1. The topological polar surface area (TPSA) is 112 Å². The number of piperazine rings is 1. The van der Waals surface area contributed by atoms with Gasteiger partial charge in [0.2, 0.25) is 5.91 Å². The van der Waals surface area contributed by atoms with Crippen LogP contribution in [-0.2, 0) is 29.2 Å². The summed E-state index contributed by atoms with van der Waals surface area (Å²) in [6.07, 6.45) is 0.719. The zero-order chi connectivity index (χ0) is 33.7. The molecule has 0 radical (unpaired) electrons. The van der Waals surface area contributed by atoms with Crippen LogP contribution < -0.4 is 15.4 Å². The SMILES string of the molecule is C=C(CCC(C(N)=O)N1Cc2c(OCc3ccc(CN4CCN(c5ccc(C#N)cc5F)CC4)cc3)cccc2C1=O)OC(C)(C)C. The van der Waals surface area contributed by atoms with E-state index in [0.717, 1.165) is 30.8 Å². The second-order valence-electron chi connectivity index (χ2n) is 13.1. The van der Waals surface area contributed by atoms with E-state index in [4.69, 9.17) is 20.5 Å². The number of nitriles is 1. The molecule has 0 aromatic heterocycles. The van der Waals surface area contributed by atoms with E-state index < -0.39 is 17.6 Å². The molecular weight excluding hydrogens is 597 g/mol. The van der Waals surface area contributed by atoms with Crippen molar-refractivity contribution in [3.63, 3.8) is 0 Å². The van der Waals surface area contributed by atoms with E-state index in [1.54, 1.807) is 24.3 Å². The smallest absolute Gasteiger partial charge is 0.255 e. The number of ether oxygens (including phenoxy) is 2. The highest BCUT2D eigenvalue weighted by Gasteiger charge is 2.37. The highest BCUT2D eigenvalue weighted by Crippen LogP contribution is 2.34. The highest BCUT2D eigenvalue weighted by molar-refractivity contribution is 6.01. The van der Waals surface area contributed by atoms with E-state index in [9.17, 15) is 14.0 Å². The number of hydrogen-bond acceptors (Lipinski definition) is 7. The number of anilines is 1. The molecule has 1 saturated heterocycles. The average Bonchev–Trinajstić information content (AvgIpc) is 3.36. The number of nitrogens with zero attached hydrogens (tertiary/aromatic N) is 4. The van der Waals surface area contributed by atoms with Gasteiger partial charge in [-0.25, -0.2) is 4.39 Å². The largest absolute Gasteiger partial charge is 0.493 e.